The van der Waals surface area contributed by atoms with E-state index >= 15 is 0 Å². The predicted molar refractivity (Wildman–Crippen MR) is 96.2 cm³/mol. The van der Waals surface area contributed by atoms with Gasteiger partial charge < -0.3 is 10.1 Å². The number of para-hydroxylation sites is 1. The Kier molecular flexibility index (Phi) is 2.98. The largest absolute Gasteiger partial charge is 0.495 e. The van der Waals surface area contributed by atoms with Gasteiger partial charge in [0.25, 0.3) is 0 Å². The number of hydrogen-bond acceptors (Lipinski definition) is 2. The standard InChI is InChI=1S/C21H31NO/c1-19(2)11-10-14-13-8-7-9-15(23-6)17(13)22-18-20(3,4)12-16(19)21(14,18)5/h7-9,14,16,18,22H,10-12H2,1-6H3/t14-,16-,18+,21+/m1/s1. The van der Waals surface area contributed by atoms with E-state index in [0.29, 0.717) is 28.2 Å². The van der Waals surface area contributed by atoms with Crippen molar-refractivity contribution in [3.8, 4) is 5.75 Å². The zero-order valence-electron chi connectivity index (χ0n) is 15.5. The van der Waals surface area contributed by atoms with Crippen LogP contribution >= 0.6 is 0 Å². The molecule has 0 aromatic heterocycles. The molecule has 4 rings (SSSR count). The van der Waals surface area contributed by atoms with E-state index in [1.807, 2.05) is 0 Å². The number of rotatable bonds is 1. The Bertz CT molecular complexity index is 647. The zero-order chi connectivity index (χ0) is 16.6. The van der Waals surface area contributed by atoms with E-state index < -0.39 is 0 Å². The number of ether oxygens (including phenoxy) is 1. The molecular formula is C21H31NO. The lowest BCUT2D eigenvalue weighted by molar-refractivity contribution is -0.00145. The third kappa shape index (κ3) is 1.81. The number of fused-ring (bicyclic) bond motifs is 2. The normalized spacial score (nSPS) is 39.1. The topological polar surface area (TPSA) is 21.3 Å². The quantitative estimate of drug-likeness (QED) is 0.745. The van der Waals surface area contributed by atoms with Gasteiger partial charge in [0.2, 0.25) is 0 Å². The van der Waals surface area contributed by atoms with Crippen LogP contribution in [-0.2, 0) is 0 Å². The van der Waals surface area contributed by atoms with Gasteiger partial charge in [-0.1, -0.05) is 46.8 Å². The highest BCUT2D eigenvalue weighted by molar-refractivity contribution is 5.67. The van der Waals surface area contributed by atoms with Gasteiger partial charge >= 0.3 is 0 Å². The van der Waals surface area contributed by atoms with Crippen LogP contribution in [-0.4, -0.2) is 13.2 Å². The molecule has 2 nitrogen and oxygen atoms in total. The van der Waals surface area contributed by atoms with Crippen LogP contribution in [0.5, 0.6) is 5.75 Å². The lowest BCUT2D eigenvalue weighted by Gasteiger charge is -2.57. The number of nitrogens with one attached hydrogen (secondary N) is 1. The maximum absolute atomic E-state index is 5.68. The molecule has 0 radical (unpaired) electrons. The fourth-order valence-corrected chi connectivity index (χ4v) is 6.62. The van der Waals surface area contributed by atoms with Crippen LogP contribution in [0.3, 0.4) is 0 Å². The molecular weight excluding hydrogens is 282 g/mol. The van der Waals surface area contributed by atoms with Crippen LogP contribution < -0.4 is 10.1 Å². The van der Waals surface area contributed by atoms with Gasteiger partial charge in [0, 0.05) is 6.04 Å². The minimum atomic E-state index is 0.317. The predicted octanol–water partition coefficient (Wildman–Crippen LogP) is 5.45. The molecule has 1 aromatic rings. The van der Waals surface area contributed by atoms with E-state index in [1.54, 1.807) is 7.11 Å². The molecule has 3 aliphatic rings. The van der Waals surface area contributed by atoms with E-state index in [9.17, 15) is 0 Å². The highest BCUT2D eigenvalue weighted by Crippen LogP contribution is 2.71. The molecule has 1 N–H and O–H groups in total. The third-order valence-corrected chi connectivity index (χ3v) is 7.60. The van der Waals surface area contributed by atoms with E-state index in [0.717, 1.165) is 11.7 Å². The fraction of sp³-hybridized carbons (Fsp3) is 0.714. The second-order valence-electron chi connectivity index (χ2n) is 9.69. The van der Waals surface area contributed by atoms with Gasteiger partial charge in [-0.15, -0.1) is 0 Å². The highest BCUT2D eigenvalue weighted by Gasteiger charge is 2.66. The average Bonchev–Trinajstić information content (AvgIpc) is 2.70. The molecule has 0 unspecified atom stereocenters. The molecule has 0 bridgehead atoms. The van der Waals surface area contributed by atoms with Crippen molar-refractivity contribution in [3.05, 3.63) is 23.8 Å². The second-order valence-corrected chi connectivity index (χ2v) is 9.69. The van der Waals surface area contributed by atoms with Gasteiger partial charge in [-0.3, -0.25) is 0 Å². The monoisotopic (exact) mass is 313 g/mol. The minimum absolute atomic E-state index is 0.317. The van der Waals surface area contributed by atoms with Crippen molar-refractivity contribution in [3.63, 3.8) is 0 Å². The molecule has 1 aromatic carbocycles. The summed E-state index contributed by atoms with van der Waals surface area (Å²) in [5.74, 6) is 2.44. The summed E-state index contributed by atoms with van der Waals surface area (Å²) < 4.78 is 5.68. The summed E-state index contributed by atoms with van der Waals surface area (Å²) >= 11 is 0. The van der Waals surface area contributed by atoms with Crippen molar-refractivity contribution in [2.45, 2.75) is 65.8 Å². The van der Waals surface area contributed by atoms with Gasteiger partial charge in [0.15, 0.2) is 0 Å². The Morgan fingerprint density at radius 1 is 1.09 bits per heavy atom. The van der Waals surface area contributed by atoms with E-state index in [2.05, 4.69) is 58.1 Å². The van der Waals surface area contributed by atoms with Gasteiger partial charge in [-0.25, -0.2) is 0 Å². The van der Waals surface area contributed by atoms with Crippen LogP contribution in [0.4, 0.5) is 5.69 Å². The molecule has 2 fully saturated rings. The van der Waals surface area contributed by atoms with Crippen LogP contribution in [0.15, 0.2) is 18.2 Å². The van der Waals surface area contributed by atoms with Crippen LogP contribution in [0.2, 0.25) is 0 Å². The molecule has 126 valence electrons. The molecule has 23 heavy (non-hydrogen) atoms. The Labute approximate surface area is 141 Å². The van der Waals surface area contributed by atoms with Crippen molar-refractivity contribution in [1.29, 1.82) is 0 Å². The summed E-state index contributed by atoms with van der Waals surface area (Å²) in [7, 11) is 1.79. The Balaban J connectivity index is 1.93. The summed E-state index contributed by atoms with van der Waals surface area (Å²) in [5, 5.41) is 3.95. The van der Waals surface area contributed by atoms with Crippen molar-refractivity contribution >= 4 is 5.69 Å². The molecule has 2 heteroatoms. The smallest absolute Gasteiger partial charge is 0.142 e. The molecule has 4 atom stereocenters. The maximum atomic E-state index is 5.68. The summed E-state index contributed by atoms with van der Waals surface area (Å²) in [6.45, 7) is 12.5. The number of hydrogen-bond donors (Lipinski definition) is 1. The SMILES string of the molecule is COc1cccc2c1N[C@H]1C(C)(C)C[C@@H]3C(C)(C)CC[C@H]2[C@@]31C. The first-order valence-corrected chi connectivity index (χ1v) is 9.15. The summed E-state index contributed by atoms with van der Waals surface area (Å²) in [5.41, 5.74) is 3.84. The Morgan fingerprint density at radius 3 is 2.52 bits per heavy atom. The first-order valence-electron chi connectivity index (χ1n) is 9.15. The third-order valence-electron chi connectivity index (χ3n) is 7.60. The lowest BCUT2D eigenvalue weighted by atomic mass is 9.50. The molecule has 1 aliphatic heterocycles. The van der Waals surface area contributed by atoms with Crippen LogP contribution in [0.25, 0.3) is 0 Å². The molecule has 0 spiro atoms. The van der Waals surface area contributed by atoms with Crippen LogP contribution in [0.1, 0.15) is 65.4 Å². The first-order chi connectivity index (χ1) is 10.7. The first kappa shape index (κ1) is 15.4. The summed E-state index contributed by atoms with van der Waals surface area (Å²) in [4.78, 5) is 0. The maximum Gasteiger partial charge on any atom is 0.142 e. The average molecular weight is 313 g/mol. The van der Waals surface area contributed by atoms with E-state index in [1.165, 1.54) is 30.5 Å². The van der Waals surface area contributed by atoms with Crippen LogP contribution in [0, 0.1) is 22.2 Å². The van der Waals surface area contributed by atoms with Gasteiger partial charge in [0.1, 0.15) is 5.75 Å². The zero-order valence-corrected chi connectivity index (χ0v) is 15.5. The van der Waals surface area contributed by atoms with Gasteiger partial charge in [-0.05, 0) is 59.0 Å². The second kappa shape index (κ2) is 4.46. The Morgan fingerprint density at radius 2 is 1.83 bits per heavy atom. The summed E-state index contributed by atoms with van der Waals surface area (Å²) in [6, 6.07) is 7.12. The number of anilines is 1. The summed E-state index contributed by atoms with van der Waals surface area (Å²) in [6.07, 6.45) is 3.95. The van der Waals surface area contributed by atoms with Crippen molar-refractivity contribution < 1.29 is 4.74 Å². The molecule has 0 saturated heterocycles. The van der Waals surface area contributed by atoms with Gasteiger partial charge in [0.05, 0.1) is 12.8 Å². The minimum Gasteiger partial charge on any atom is -0.495 e. The van der Waals surface area contributed by atoms with Crippen molar-refractivity contribution in [1.82, 2.24) is 0 Å². The van der Waals surface area contributed by atoms with E-state index in [-0.39, 0.29) is 0 Å². The highest BCUT2D eigenvalue weighted by atomic mass is 16.5. The van der Waals surface area contributed by atoms with Gasteiger partial charge in [-0.2, -0.15) is 0 Å². The number of benzene rings is 1. The molecule has 0 amide bonds. The lowest BCUT2D eigenvalue weighted by Crippen LogP contribution is -2.54. The van der Waals surface area contributed by atoms with E-state index in [4.69, 9.17) is 4.74 Å². The van der Waals surface area contributed by atoms with Crippen molar-refractivity contribution in [2.24, 2.45) is 22.2 Å². The number of methoxy groups -OCH3 is 1. The van der Waals surface area contributed by atoms with Crippen molar-refractivity contribution in [2.75, 3.05) is 12.4 Å². The Hall–Kier alpha value is -1.18. The molecule has 2 saturated carbocycles. The molecule has 2 aliphatic carbocycles. The molecule has 1 heterocycles. The fourth-order valence-electron chi connectivity index (χ4n) is 6.62.